The highest BCUT2D eigenvalue weighted by Crippen LogP contribution is 2.28. The fourth-order valence-corrected chi connectivity index (χ4v) is 2.02. The van der Waals surface area contributed by atoms with Crippen molar-refractivity contribution in [1.29, 1.82) is 0 Å². The Bertz CT molecular complexity index is 558. The van der Waals surface area contributed by atoms with Crippen molar-refractivity contribution >= 4 is 50.6 Å². The van der Waals surface area contributed by atoms with E-state index in [2.05, 4.69) is 26.2 Å². The number of hydrogen-bond acceptors (Lipinski definition) is 2. The number of benzene rings is 1. The number of rotatable bonds is 2. The lowest BCUT2D eigenvalue weighted by molar-refractivity contribution is 1.18. The van der Waals surface area contributed by atoms with E-state index in [0.29, 0.717) is 10.0 Å². The summed E-state index contributed by atoms with van der Waals surface area (Å²) in [6, 6.07) is 9.11. The molecule has 1 aromatic carbocycles. The van der Waals surface area contributed by atoms with E-state index < -0.39 is 0 Å². The first-order valence-corrected chi connectivity index (χ1v) is 6.46. The number of pyridine rings is 1. The van der Waals surface area contributed by atoms with E-state index in [1.165, 1.54) is 0 Å². The van der Waals surface area contributed by atoms with E-state index >= 15 is 0 Å². The third kappa shape index (κ3) is 3.12. The van der Waals surface area contributed by atoms with Gasteiger partial charge in [0.05, 0.1) is 16.4 Å². The van der Waals surface area contributed by atoms with Gasteiger partial charge in [0.15, 0.2) is 0 Å². The zero-order valence-electron chi connectivity index (χ0n) is 8.97. The second-order valence-electron chi connectivity index (χ2n) is 3.51. The summed E-state index contributed by atoms with van der Waals surface area (Å²) in [5.74, 6) is 0.745. The summed E-state index contributed by atoms with van der Waals surface area (Å²) in [5.41, 5.74) is 1.70. The van der Waals surface area contributed by atoms with Gasteiger partial charge in [-0.05, 0) is 53.2 Å². The molecule has 1 N–H and O–H groups in total. The lowest BCUT2D eigenvalue weighted by Crippen LogP contribution is -1.95. The Labute approximate surface area is 118 Å². The zero-order valence-corrected chi connectivity index (χ0v) is 12.1. The number of anilines is 2. The van der Waals surface area contributed by atoms with Crippen molar-refractivity contribution in [2.24, 2.45) is 0 Å². The minimum atomic E-state index is 0.569. The quantitative estimate of drug-likeness (QED) is 0.817. The second kappa shape index (κ2) is 5.25. The van der Waals surface area contributed by atoms with E-state index in [1.807, 2.05) is 25.1 Å². The predicted octanol–water partition coefficient (Wildman–Crippen LogP) is 5.20. The Morgan fingerprint density at radius 2 is 1.94 bits per heavy atom. The third-order valence-electron chi connectivity index (χ3n) is 2.22. The van der Waals surface area contributed by atoms with E-state index in [-0.39, 0.29) is 0 Å². The second-order valence-corrected chi connectivity index (χ2v) is 5.21. The minimum Gasteiger partial charge on any atom is -0.339 e. The van der Waals surface area contributed by atoms with Crippen LogP contribution in [-0.2, 0) is 0 Å². The molecule has 0 radical (unpaired) electrons. The van der Waals surface area contributed by atoms with Crippen molar-refractivity contribution in [2.75, 3.05) is 5.32 Å². The third-order valence-corrected chi connectivity index (χ3v) is 3.60. The van der Waals surface area contributed by atoms with Crippen LogP contribution in [0.25, 0.3) is 0 Å². The molecule has 0 fully saturated rings. The maximum absolute atomic E-state index is 6.07. The largest absolute Gasteiger partial charge is 0.339 e. The summed E-state index contributed by atoms with van der Waals surface area (Å²) in [4.78, 5) is 4.38. The maximum Gasteiger partial charge on any atom is 0.130 e. The van der Waals surface area contributed by atoms with Gasteiger partial charge in [-0.15, -0.1) is 0 Å². The first kappa shape index (κ1) is 12.7. The molecule has 0 amide bonds. The molecule has 0 aliphatic rings. The van der Waals surface area contributed by atoms with Gasteiger partial charge in [-0.25, -0.2) is 4.98 Å². The molecule has 0 unspecified atom stereocenters. The first-order valence-electron chi connectivity index (χ1n) is 4.91. The molecule has 0 bridgehead atoms. The van der Waals surface area contributed by atoms with E-state index in [1.54, 1.807) is 12.1 Å². The van der Waals surface area contributed by atoms with Gasteiger partial charge in [0, 0.05) is 9.50 Å². The fraction of sp³-hybridized carbons (Fsp3) is 0.0833. The van der Waals surface area contributed by atoms with Crippen LogP contribution in [0.4, 0.5) is 11.5 Å². The molecule has 0 aliphatic heterocycles. The lowest BCUT2D eigenvalue weighted by atomic mass is 10.3. The lowest BCUT2D eigenvalue weighted by Gasteiger charge is -2.09. The van der Waals surface area contributed by atoms with Crippen LogP contribution in [0.2, 0.25) is 10.0 Å². The van der Waals surface area contributed by atoms with Crippen molar-refractivity contribution in [1.82, 2.24) is 4.98 Å². The summed E-state index contributed by atoms with van der Waals surface area (Å²) >= 11 is 15.3. The monoisotopic (exact) mass is 330 g/mol. The molecule has 2 rings (SSSR count). The molecule has 0 saturated carbocycles. The van der Waals surface area contributed by atoms with Gasteiger partial charge in [-0.1, -0.05) is 23.2 Å². The number of hydrogen-bond donors (Lipinski definition) is 1. The highest BCUT2D eigenvalue weighted by atomic mass is 79.9. The summed E-state index contributed by atoms with van der Waals surface area (Å²) < 4.78 is 0.977. The molecule has 1 aromatic heterocycles. The van der Waals surface area contributed by atoms with Crippen molar-refractivity contribution < 1.29 is 0 Å². The Balaban J connectivity index is 2.28. The minimum absolute atomic E-state index is 0.569. The number of aromatic nitrogens is 1. The average Bonchev–Trinajstić information content (AvgIpc) is 2.27. The van der Waals surface area contributed by atoms with Crippen LogP contribution in [0.15, 0.2) is 34.8 Å². The van der Waals surface area contributed by atoms with E-state index in [0.717, 1.165) is 21.7 Å². The standard InChI is InChI=1S/C12H9BrCl2N2/c1-7-9(13)3-5-12(16-7)17-11-4-2-8(14)6-10(11)15/h2-6H,1H3,(H,16,17). The van der Waals surface area contributed by atoms with Crippen molar-refractivity contribution in [3.05, 3.63) is 50.5 Å². The summed E-state index contributed by atoms with van der Waals surface area (Å²) in [7, 11) is 0. The van der Waals surface area contributed by atoms with Crippen LogP contribution in [0.1, 0.15) is 5.69 Å². The number of nitrogens with one attached hydrogen (secondary N) is 1. The Kier molecular flexibility index (Phi) is 3.92. The van der Waals surface area contributed by atoms with E-state index in [9.17, 15) is 0 Å². The smallest absolute Gasteiger partial charge is 0.130 e. The SMILES string of the molecule is Cc1nc(Nc2ccc(Cl)cc2Cl)ccc1Br. The van der Waals surface area contributed by atoms with Crippen LogP contribution in [-0.4, -0.2) is 4.98 Å². The van der Waals surface area contributed by atoms with Gasteiger partial charge in [-0.3, -0.25) is 0 Å². The average molecular weight is 332 g/mol. The molecular formula is C12H9BrCl2N2. The molecule has 0 aliphatic carbocycles. The number of aryl methyl sites for hydroxylation is 1. The van der Waals surface area contributed by atoms with Crippen molar-refractivity contribution in [3.8, 4) is 0 Å². The van der Waals surface area contributed by atoms with Gasteiger partial charge in [0.25, 0.3) is 0 Å². The highest BCUT2D eigenvalue weighted by molar-refractivity contribution is 9.10. The van der Waals surface area contributed by atoms with Gasteiger partial charge < -0.3 is 5.32 Å². The molecule has 5 heteroatoms. The van der Waals surface area contributed by atoms with Gasteiger partial charge in [0.1, 0.15) is 5.82 Å². The summed E-state index contributed by atoms with van der Waals surface area (Å²) in [5, 5.41) is 4.33. The topological polar surface area (TPSA) is 24.9 Å². The molecule has 0 spiro atoms. The molecule has 0 atom stereocenters. The van der Waals surface area contributed by atoms with Crippen LogP contribution in [0.3, 0.4) is 0 Å². The fourth-order valence-electron chi connectivity index (χ4n) is 1.34. The molecule has 2 nitrogen and oxygen atoms in total. The molecular weight excluding hydrogens is 323 g/mol. The van der Waals surface area contributed by atoms with Crippen molar-refractivity contribution in [3.63, 3.8) is 0 Å². The van der Waals surface area contributed by atoms with Crippen LogP contribution >= 0.6 is 39.1 Å². The predicted molar refractivity (Wildman–Crippen MR) is 76.4 cm³/mol. The highest BCUT2D eigenvalue weighted by Gasteiger charge is 2.03. The molecule has 2 aromatic rings. The first-order chi connectivity index (χ1) is 8.06. The van der Waals surface area contributed by atoms with Crippen LogP contribution in [0.5, 0.6) is 0 Å². The molecule has 17 heavy (non-hydrogen) atoms. The summed E-state index contributed by atoms with van der Waals surface area (Å²) in [6.07, 6.45) is 0. The van der Waals surface area contributed by atoms with Crippen LogP contribution in [0, 0.1) is 6.92 Å². The molecule has 88 valence electrons. The Hall–Kier alpha value is -0.770. The zero-order chi connectivity index (χ0) is 12.4. The Morgan fingerprint density at radius 3 is 2.59 bits per heavy atom. The molecule has 0 saturated heterocycles. The van der Waals surface area contributed by atoms with Crippen LogP contribution < -0.4 is 5.32 Å². The number of halogens is 3. The van der Waals surface area contributed by atoms with Crippen molar-refractivity contribution in [2.45, 2.75) is 6.92 Å². The van der Waals surface area contributed by atoms with Gasteiger partial charge in [0.2, 0.25) is 0 Å². The number of nitrogens with zero attached hydrogens (tertiary/aromatic N) is 1. The van der Waals surface area contributed by atoms with Gasteiger partial charge in [-0.2, -0.15) is 0 Å². The normalized spacial score (nSPS) is 10.4. The Morgan fingerprint density at radius 1 is 1.18 bits per heavy atom. The van der Waals surface area contributed by atoms with E-state index in [4.69, 9.17) is 23.2 Å². The summed E-state index contributed by atoms with van der Waals surface area (Å²) in [6.45, 7) is 1.93. The van der Waals surface area contributed by atoms with Gasteiger partial charge >= 0.3 is 0 Å². The maximum atomic E-state index is 6.07. The molecule has 1 heterocycles.